The molecule has 0 aliphatic carbocycles. The Hall–Kier alpha value is -5.01. The Balaban J connectivity index is 1.06. The van der Waals surface area contributed by atoms with Crippen molar-refractivity contribution >= 4 is 11.7 Å². The van der Waals surface area contributed by atoms with Gasteiger partial charge in [-0.3, -0.25) is 14.3 Å². The number of alkyl halides is 3. The van der Waals surface area contributed by atoms with E-state index in [0.29, 0.717) is 31.4 Å². The molecular formula is C30H22F5N5O4. The summed E-state index contributed by atoms with van der Waals surface area (Å²) in [6.07, 6.45) is -3.38. The Morgan fingerprint density at radius 3 is 2.45 bits per heavy atom. The summed E-state index contributed by atoms with van der Waals surface area (Å²) in [6, 6.07) is 14.5. The number of likely N-dealkylation sites (tertiary alicyclic amines) is 1. The van der Waals surface area contributed by atoms with Gasteiger partial charge in [0.25, 0.3) is 5.91 Å². The van der Waals surface area contributed by atoms with E-state index in [1.165, 1.54) is 10.6 Å². The number of pyridine rings is 1. The molecule has 2 saturated heterocycles. The number of rotatable bonds is 7. The smallest absolute Gasteiger partial charge is 0.433 e. The van der Waals surface area contributed by atoms with E-state index in [-0.39, 0.29) is 36.5 Å². The summed E-state index contributed by atoms with van der Waals surface area (Å²) in [5, 5.41) is 0. The minimum Gasteiger partial charge on any atom is -0.473 e. The monoisotopic (exact) mass is 611 g/mol. The molecule has 9 nitrogen and oxygen atoms in total. The Labute approximate surface area is 246 Å². The van der Waals surface area contributed by atoms with Gasteiger partial charge in [-0.25, -0.2) is 13.6 Å². The second-order valence-corrected chi connectivity index (χ2v) is 10.9. The van der Waals surface area contributed by atoms with E-state index in [4.69, 9.17) is 9.47 Å². The van der Waals surface area contributed by atoms with Gasteiger partial charge in [0.15, 0.2) is 17.4 Å². The maximum absolute atomic E-state index is 14.8. The van der Waals surface area contributed by atoms with Crippen LogP contribution in [-0.2, 0) is 30.7 Å². The number of amides is 1. The van der Waals surface area contributed by atoms with Crippen LogP contribution in [0.4, 0.5) is 27.8 Å². The maximum Gasteiger partial charge on any atom is 0.433 e. The standard InChI is InChI=1S/C30H22F5N5O4/c31-21-8-18(9-22(32)26(21)44-20-6-7-36-23(10-20)30(33,34)35)15-43-24-11-25-39(28(42)37-24)16-29-12-19(14-40(25)29)38(27(29)41)13-17-4-2-1-3-5-17/h1-11,19H,12-16H2/t19-,29+/m0/s1. The molecule has 4 aromatic rings. The van der Waals surface area contributed by atoms with Gasteiger partial charge < -0.3 is 19.3 Å². The Morgan fingerprint density at radius 1 is 0.977 bits per heavy atom. The topological polar surface area (TPSA) is 89.8 Å². The van der Waals surface area contributed by atoms with Crippen molar-refractivity contribution in [1.82, 2.24) is 19.4 Å². The number of nitrogens with zero attached hydrogens (tertiary/aromatic N) is 5. The number of aromatic nitrogens is 3. The molecule has 1 amide bonds. The van der Waals surface area contributed by atoms with Gasteiger partial charge in [-0.2, -0.15) is 18.2 Å². The molecule has 7 rings (SSSR count). The van der Waals surface area contributed by atoms with Crippen molar-refractivity contribution in [3.63, 3.8) is 0 Å². The van der Waals surface area contributed by atoms with Crippen molar-refractivity contribution in [2.45, 2.75) is 43.9 Å². The van der Waals surface area contributed by atoms with Gasteiger partial charge in [0, 0.05) is 37.8 Å². The van der Waals surface area contributed by atoms with Crippen molar-refractivity contribution in [2.75, 3.05) is 11.4 Å². The van der Waals surface area contributed by atoms with Crippen molar-refractivity contribution in [3.05, 3.63) is 106 Å². The molecule has 2 fully saturated rings. The molecule has 5 heterocycles. The Bertz CT molecular complexity index is 1830. The van der Waals surface area contributed by atoms with Crippen LogP contribution in [0.5, 0.6) is 17.4 Å². The van der Waals surface area contributed by atoms with Crippen LogP contribution in [0.2, 0.25) is 0 Å². The zero-order chi connectivity index (χ0) is 30.8. The van der Waals surface area contributed by atoms with Crippen molar-refractivity contribution in [2.24, 2.45) is 0 Å². The third-order valence-corrected chi connectivity index (χ3v) is 8.13. The van der Waals surface area contributed by atoms with Crippen LogP contribution in [0.3, 0.4) is 0 Å². The lowest BCUT2D eigenvalue weighted by Gasteiger charge is -2.37. The summed E-state index contributed by atoms with van der Waals surface area (Å²) in [5.74, 6) is -3.37. The molecule has 14 heteroatoms. The minimum atomic E-state index is -4.76. The second-order valence-electron chi connectivity index (χ2n) is 10.9. The van der Waals surface area contributed by atoms with E-state index < -0.39 is 46.2 Å². The average Bonchev–Trinajstić information content (AvgIpc) is 3.60. The van der Waals surface area contributed by atoms with E-state index in [0.717, 1.165) is 30.0 Å². The third kappa shape index (κ3) is 4.61. The van der Waals surface area contributed by atoms with Gasteiger partial charge in [-0.05, 0) is 29.3 Å². The molecule has 3 aliphatic rings. The molecule has 2 aromatic heterocycles. The number of piperazine rings is 1. The van der Waals surface area contributed by atoms with Gasteiger partial charge in [0.2, 0.25) is 5.88 Å². The quantitative estimate of drug-likeness (QED) is 0.281. The number of carbonyl (C=O) groups is 1. The highest BCUT2D eigenvalue weighted by atomic mass is 19.4. The first kappa shape index (κ1) is 27.8. The number of fused-ring (bicyclic) bond motifs is 3. The SMILES string of the molecule is O=C1N(Cc2ccccc2)[C@@H]2CN3c4cc(OCc5cc(F)c(Oc6ccnc(C(F)(F)F)c6)c(F)c5)nc(=O)n4C[C@]13C2. The van der Waals surface area contributed by atoms with E-state index in [2.05, 4.69) is 9.97 Å². The highest BCUT2D eigenvalue weighted by Crippen LogP contribution is 2.49. The van der Waals surface area contributed by atoms with Crippen LogP contribution < -0.4 is 20.1 Å². The first-order valence-electron chi connectivity index (χ1n) is 13.6. The van der Waals surface area contributed by atoms with Crippen molar-refractivity contribution in [1.29, 1.82) is 0 Å². The van der Waals surface area contributed by atoms with Gasteiger partial charge >= 0.3 is 11.9 Å². The van der Waals surface area contributed by atoms with Crippen LogP contribution in [-0.4, -0.2) is 43.5 Å². The number of halogens is 5. The summed E-state index contributed by atoms with van der Waals surface area (Å²) in [5.41, 5.74) is -1.75. The fourth-order valence-corrected chi connectivity index (χ4v) is 6.19. The van der Waals surface area contributed by atoms with Crippen LogP contribution in [0.1, 0.15) is 23.2 Å². The predicted octanol–water partition coefficient (Wildman–Crippen LogP) is 4.68. The molecule has 0 saturated carbocycles. The third-order valence-electron chi connectivity index (χ3n) is 8.13. The summed E-state index contributed by atoms with van der Waals surface area (Å²) in [4.78, 5) is 37.4. The van der Waals surface area contributed by atoms with Crippen LogP contribution in [0.15, 0.2) is 71.7 Å². The largest absolute Gasteiger partial charge is 0.473 e. The molecule has 3 aliphatic heterocycles. The van der Waals surface area contributed by atoms with Crippen LogP contribution >= 0.6 is 0 Å². The number of carbonyl (C=O) groups excluding carboxylic acids is 1. The van der Waals surface area contributed by atoms with Crippen molar-refractivity contribution < 1.29 is 36.2 Å². The number of benzene rings is 2. The van der Waals surface area contributed by atoms with E-state index >= 15 is 0 Å². The van der Waals surface area contributed by atoms with E-state index in [1.54, 1.807) is 0 Å². The molecule has 44 heavy (non-hydrogen) atoms. The lowest BCUT2D eigenvalue weighted by Crippen LogP contribution is -2.56. The molecule has 0 radical (unpaired) electrons. The lowest BCUT2D eigenvalue weighted by molar-refractivity contribution is -0.141. The van der Waals surface area contributed by atoms with Gasteiger partial charge in [0.05, 0.1) is 12.6 Å². The number of hydrogen-bond acceptors (Lipinski definition) is 7. The summed E-state index contributed by atoms with van der Waals surface area (Å²) < 4.78 is 80.4. The van der Waals surface area contributed by atoms with E-state index in [1.807, 2.05) is 40.1 Å². The molecule has 0 N–H and O–H groups in total. The zero-order valence-corrected chi connectivity index (χ0v) is 22.7. The number of anilines is 1. The molecule has 2 aromatic carbocycles. The highest BCUT2D eigenvalue weighted by molar-refractivity contribution is 5.95. The molecule has 0 unspecified atom stereocenters. The molecule has 2 atom stereocenters. The van der Waals surface area contributed by atoms with Crippen molar-refractivity contribution in [3.8, 4) is 17.4 Å². The van der Waals surface area contributed by atoms with Crippen LogP contribution in [0, 0.1) is 11.6 Å². The van der Waals surface area contributed by atoms with Gasteiger partial charge in [0.1, 0.15) is 29.4 Å². The fraction of sp³-hybridized carbons (Fsp3) is 0.267. The molecule has 2 bridgehead atoms. The summed E-state index contributed by atoms with van der Waals surface area (Å²) in [7, 11) is 0. The first-order valence-corrected chi connectivity index (χ1v) is 13.6. The summed E-state index contributed by atoms with van der Waals surface area (Å²) >= 11 is 0. The highest BCUT2D eigenvalue weighted by Gasteiger charge is 2.64. The maximum atomic E-state index is 14.8. The summed E-state index contributed by atoms with van der Waals surface area (Å²) in [6.45, 7) is 0.789. The zero-order valence-electron chi connectivity index (χ0n) is 22.7. The van der Waals surface area contributed by atoms with Gasteiger partial charge in [-0.1, -0.05) is 30.3 Å². The number of hydrogen-bond donors (Lipinski definition) is 0. The second kappa shape index (κ2) is 10.0. The Kier molecular flexibility index (Phi) is 6.34. The number of ether oxygens (including phenoxy) is 2. The van der Waals surface area contributed by atoms with E-state index in [9.17, 15) is 31.5 Å². The molecular weight excluding hydrogens is 589 g/mol. The fourth-order valence-electron chi connectivity index (χ4n) is 6.19. The first-order chi connectivity index (χ1) is 21.0. The molecule has 226 valence electrons. The normalized spacial score (nSPS) is 20.2. The average molecular weight is 612 g/mol. The minimum absolute atomic E-state index is 0.0175. The van der Waals surface area contributed by atoms with Crippen LogP contribution in [0.25, 0.3) is 0 Å². The molecule has 1 spiro atoms. The lowest BCUT2D eigenvalue weighted by atomic mass is 9.99. The predicted molar refractivity (Wildman–Crippen MR) is 144 cm³/mol. The Morgan fingerprint density at radius 2 is 1.73 bits per heavy atom. The van der Waals surface area contributed by atoms with Gasteiger partial charge in [-0.15, -0.1) is 0 Å².